The van der Waals surface area contributed by atoms with Crippen LogP contribution in [0.5, 0.6) is 0 Å². The Balaban J connectivity index is 1.51. The van der Waals surface area contributed by atoms with E-state index in [1.807, 2.05) is 30.3 Å². The Hall–Kier alpha value is -2.35. The first-order valence-electron chi connectivity index (χ1n) is 8.29. The van der Waals surface area contributed by atoms with Crippen molar-refractivity contribution in [3.8, 4) is 11.5 Å². The van der Waals surface area contributed by atoms with E-state index < -0.39 is 11.3 Å². The van der Waals surface area contributed by atoms with Gasteiger partial charge in [0.05, 0.1) is 5.25 Å². The molecule has 3 rings (SSSR count). The molecule has 25 heavy (non-hydrogen) atoms. The third-order valence-corrected chi connectivity index (χ3v) is 4.94. The summed E-state index contributed by atoms with van der Waals surface area (Å²) in [4.78, 5) is 24.0. The van der Waals surface area contributed by atoms with Crippen molar-refractivity contribution in [3.63, 3.8) is 0 Å². The van der Waals surface area contributed by atoms with Crippen LogP contribution in [0.3, 0.4) is 0 Å². The van der Waals surface area contributed by atoms with Crippen LogP contribution < -0.4 is 10.6 Å². The van der Waals surface area contributed by atoms with Gasteiger partial charge in [-0.2, -0.15) is 0 Å². The lowest BCUT2D eigenvalue weighted by Gasteiger charge is -2.13. The maximum absolute atomic E-state index is 12.1. The molecule has 0 unspecified atom stereocenters. The molecule has 1 saturated carbocycles. The Bertz CT molecular complexity index is 729. The van der Waals surface area contributed by atoms with Crippen LogP contribution in [0, 0.1) is 0 Å². The van der Waals surface area contributed by atoms with Gasteiger partial charge in [-0.25, -0.2) is 4.79 Å². The Morgan fingerprint density at radius 3 is 2.64 bits per heavy atom. The minimum absolute atomic E-state index is 0.167. The second-order valence-electron chi connectivity index (χ2n) is 5.94. The van der Waals surface area contributed by atoms with Crippen LogP contribution >= 0.6 is 11.8 Å². The normalized spacial score (nSPS) is 15.7. The maximum atomic E-state index is 12.1. The smallest absolute Gasteiger partial charge is 0.321 e. The molecule has 2 aromatic rings. The molecule has 0 saturated heterocycles. The lowest BCUT2D eigenvalue weighted by atomic mass is 10.2. The zero-order chi connectivity index (χ0) is 17.6. The summed E-state index contributed by atoms with van der Waals surface area (Å²) in [5, 5.41) is 12.9. The number of hydrogen-bond acceptors (Lipinski definition) is 6. The summed E-state index contributed by atoms with van der Waals surface area (Å²) in [5.74, 6) is 0.00893. The van der Waals surface area contributed by atoms with Gasteiger partial charge in [-0.05, 0) is 31.9 Å². The minimum atomic E-state index is -0.529. The van der Waals surface area contributed by atoms with Gasteiger partial charge in [-0.1, -0.05) is 42.8 Å². The van der Waals surface area contributed by atoms with Crippen molar-refractivity contribution in [3.05, 3.63) is 30.3 Å². The van der Waals surface area contributed by atoms with Gasteiger partial charge in [0.1, 0.15) is 0 Å². The number of amides is 3. The second-order valence-corrected chi connectivity index (χ2v) is 7.24. The summed E-state index contributed by atoms with van der Waals surface area (Å²) in [7, 11) is 0. The summed E-state index contributed by atoms with van der Waals surface area (Å²) in [5.41, 5.74) is 0.815. The molecule has 0 spiro atoms. The number of hydrogen-bond donors (Lipinski definition) is 2. The second kappa shape index (κ2) is 8.15. The van der Waals surface area contributed by atoms with Gasteiger partial charge in [0.2, 0.25) is 11.8 Å². The van der Waals surface area contributed by atoms with E-state index in [1.165, 1.54) is 0 Å². The first-order valence-corrected chi connectivity index (χ1v) is 9.17. The van der Waals surface area contributed by atoms with Crippen molar-refractivity contribution in [2.45, 2.75) is 49.1 Å². The zero-order valence-electron chi connectivity index (χ0n) is 13.9. The minimum Gasteiger partial charge on any atom is -0.411 e. The van der Waals surface area contributed by atoms with E-state index in [2.05, 4.69) is 20.8 Å². The van der Waals surface area contributed by atoms with Crippen LogP contribution in [-0.4, -0.2) is 33.4 Å². The third-order valence-electron chi connectivity index (χ3n) is 4.00. The van der Waals surface area contributed by atoms with Crippen LogP contribution in [0.4, 0.5) is 4.79 Å². The number of imide groups is 1. The lowest BCUT2D eigenvalue weighted by molar-refractivity contribution is -0.119. The molecule has 0 aliphatic heterocycles. The number of aromatic nitrogens is 2. The van der Waals surface area contributed by atoms with Crippen molar-refractivity contribution < 1.29 is 14.0 Å². The van der Waals surface area contributed by atoms with Crippen LogP contribution in [-0.2, 0) is 4.79 Å². The summed E-state index contributed by atoms with van der Waals surface area (Å²) >= 11 is 1.12. The van der Waals surface area contributed by atoms with Crippen molar-refractivity contribution in [1.82, 2.24) is 20.8 Å². The summed E-state index contributed by atoms with van der Waals surface area (Å²) in [6.45, 7) is 1.69. The number of rotatable bonds is 5. The number of carbonyl (C=O) groups is 2. The topological polar surface area (TPSA) is 97.1 Å². The van der Waals surface area contributed by atoms with Gasteiger partial charge in [0, 0.05) is 11.6 Å². The summed E-state index contributed by atoms with van der Waals surface area (Å²) in [6.07, 6.45) is 4.17. The van der Waals surface area contributed by atoms with Gasteiger partial charge in [0.25, 0.3) is 5.22 Å². The van der Waals surface area contributed by atoms with Crippen molar-refractivity contribution in [2.24, 2.45) is 0 Å². The molecule has 8 heteroatoms. The van der Waals surface area contributed by atoms with E-state index in [0.29, 0.717) is 5.89 Å². The van der Waals surface area contributed by atoms with Crippen LogP contribution in [0.1, 0.15) is 32.6 Å². The molecule has 3 amide bonds. The molecular weight excluding hydrogens is 340 g/mol. The number of urea groups is 1. The van der Waals surface area contributed by atoms with Gasteiger partial charge in [0.15, 0.2) is 0 Å². The fraction of sp³-hybridized carbons (Fsp3) is 0.412. The highest BCUT2D eigenvalue weighted by Gasteiger charge is 2.22. The first-order chi connectivity index (χ1) is 12.1. The first kappa shape index (κ1) is 17.5. The van der Waals surface area contributed by atoms with Crippen molar-refractivity contribution in [1.29, 1.82) is 0 Å². The highest BCUT2D eigenvalue weighted by atomic mass is 32.2. The van der Waals surface area contributed by atoms with E-state index in [1.54, 1.807) is 6.92 Å². The predicted octanol–water partition coefficient (Wildman–Crippen LogP) is 2.99. The summed E-state index contributed by atoms with van der Waals surface area (Å²) in [6, 6.07) is 9.12. The molecule has 1 atom stereocenters. The van der Waals surface area contributed by atoms with Gasteiger partial charge >= 0.3 is 6.03 Å². The third kappa shape index (κ3) is 4.82. The molecule has 1 fully saturated rings. The molecule has 0 bridgehead atoms. The molecule has 7 nitrogen and oxygen atoms in total. The van der Waals surface area contributed by atoms with E-state index in [0.717, 1.165) is 43.0 Å². The monoisotopic (exact) mass is 360 g/mol. The van der Waals surface area contributed by atoms with Gasteiger partial charge < -0.3 is 9.73 Å². The molecule has 1 heterocycles. The Morgan fingerprint density at radius 2 is 1.92 bits per heavy atom. The average Bonchev–Trinajstić information content (AvgIpc) is 3.27. The van der Waals surface area contributed by atoms with E-state index in [9.17, 15) is 9.59 Å². The Labute approximate surface area is 150 Å². The predicted molar refractivity (Wildman–Crippen MR) is 94.0 cm³/mol. The molecule has 0 radical (unpaired) electrons. The number of thioether (sulfide) groups is 1. The highest BCUT2D eigenvalue weighted by molar-refractivity contribution is 8.00. The quantitative estimate of drug-likeness (QED) is 0.796. The van der Waals surface area contributed by atoms with Crippen molar-refractivity contribution in [2.75, 3.05) is 0 Å². The zero-order valence-corrected chi connectivity index (χ0v) is 14.7. The molecule has 2 N–H and O–H groups in total. The Kier molecular flexibility index (Phi) is 5.70. The molecule has 1 aromatic heterocycles. The average molecular weight is 360 g/mol. The molecule has 1 aromatic carbocycles. The molecule has 1 aliphatic rings. The van der Waals surface area contributed by atoms with E-state index in [4.69, 9.17) is 4.42 Å². The van der Waals surface area contributed by atoms with Gasteiger partial charge in [-0.15, -0.1) is 10.2 Å². The number of carbonyl (C=O) groups excluding carboxylic acids is 2. The fourth-order valence-electron chi connectivity index (χ4n) is 2.66. The Morgan fingerprint density at radius 1 is 1.20 bits per heavy atom. The van der Waals surface area contributed by atoms with E-state index in [-0.39, 0.29) is 17.2 Å². The highest BCUT2D eigenvalue weighted by Crippen LogP contribution is 2.26. The fourth-order valence-corrected chi connectivity index (χ4v) is 3.35. The SMILES string of the molecule is C[C@@H](Sc1nnc(-c2ccccc2)o1)C(=O)NC(=O)NC1CCCC1. The van der Waals surface area contributed by atoms with Crippen LogP contribution in [0.25, 0.3) is 11.5 Å². The number of nitrogens with zero attached hydrogens (tertiary/aromatic N) is 2. The van der Waals surface area contributed by atoms with E-state index >= 15 is 0 Å². The largest absolute Gasteiger partial charge is 0.411 e. The molecular formula is C17H20N4O3S. The van der Waals surface area contributed by atoms with Crippen LogP contribution in [0.2, 0.25) is 0 Å². The summed E-state index contributed by atoms with van der Waals surface area (Å²) < 4.78 is 5.56. The van der Waals surface area contributed by atoms with Crippen LogP contribution in [0.15, 0.2) is 40.0 Å². The van der Waals surface area contributed by atoms with Gasteiger partial charge in [-0.3, -0.25) is 10.1 Å². The standard InChI is InChI=1S/C17H20N4O3S/c1-11(14(22)19-16(23)18-13-9-5-6-10-13)25-17-21-20-15(24-17)12-7-3-2-4-8-12/h2-4,7-8,11,13H,5-6,9-10H2,1H3,(H2,18,19,22,23)/t11-/m1/s1. The number of benzene rings is 1. The van der Waals surface area contributed by atoms with Crippen molar-refractivity contribution >= 4 is 23.7 Å². The molecule has 132 valence electrons. The number of nitrogens with one attached hydrogen (secondary N) is 2. The molecule has 1 aliphatic carbocycles. The lowest BCUT2D eigenvalue weighted by Crippen LogP contribution is -2.45. The maximum Gasteiger partial charge on any atom is 0.321 e.